The van der Waals surface area contributed by atoms with Crippen LogP contribution in [0.4, 0.5) is 13.6 Å². The topological polar surface area (TPSA) is 49.9 Å². The predicted molar refractivity (Wildman–Crippen MR) is 94.9 cm³/mol. The highest BCUT2D eigenvalue weighted by Gasteiger charge is 2.54. The quantitative estimate of drug-likeness (QED) is 0.633. The summed E-state index contributed by atoms with van der Waals surface area (Å²) in [4.78, 5) is 28.5. The number of halogens is 3. The van der Waals surface area contributed by atoms with E-state index in [4.69, 9.17) is 4.74 Å². The van der Waals surface area contributed by atoms with E-state index in [1.54, 1.807) is 30.6 Å². The number of benzene rings is 1. The number of hydrogen-bond acceptors (Lipinski definition) is 3. The van der Waals surface area contributed by atoms with Crippen LogP contribution in [-0.2, 0) is 4.74 Å². The molecule has 1 heterocycles. The Morgan fingerprint density at radius 1 is 1.15 bits per heavy atom. The van der Waals surface area contributed by atoms with Crippen LogP contribution in [-0.4, -0.2) is 52.6 Å². The van der Waals surface area contributed by atoms with Gasteiger partial charge in [0.25, 0.3) is 5.91 Å². The Hall–Kier alpha value is -1.70. The molecule has 3 rings (SSSR count). The normalized spacial score (nSPS) is 18.8. The van der Waals surface area contributed by atoms with E-state index in [1.807, 2.05) is 0 Å². The van der Waals surface area contributed by atoms with Crippen LogP contribution in [0.5, 0.6) is 0 Å². The molecule has 0 unspecified atom stereocenters. The van der Waals surface area contributed by atoms with E-state index in [0.717, 1.165) is 25.0 Å². The second-order valence-corrected chi connectivity index (χ2v) is 8.68. The van der Waals surface area contributed by atoms with Crippen LogP contribution < -0.4 is 0 Å². The van der Waals surface area contributed by atoms with Crippen LogP contribution >= 0.6 is 15.9 Å². The van der Waals surface area contributed by atoms with Crippen molar-refractivity contribution in [1.82, 2.24) is 9.80 Å². The van der Waals surface area contributed by atoms with Gasteiger partial charge in [-0.1, -0.05) is 0 Å². The minimum Gasteiger partial charge on any atom is -0.444 e. The van der Waals surface area contributed by atoms with E-state index in [0.29, 0.717) is 19.6 Å². The highest BCUT2D eigenvalue weighted by molar-refractivity contribution is 9.10. The number of hydrogen-bond donors (Lipinski definition) is 0. The summed E-state index contributed by atoms with van der Waals surface area (Å²) in [5.74, 6) is -2.43. The molecule has 0 radical (unpaired) electrons. The zero-order valence-corrected chi connectivity index (χ0v) is 16.5. The Morgan fingerprint density at radius 3 is 2.35 bits per heavy atom. The van der Waals surface area contributed by atoms with Crippen LogP contribution in [0.3, 0.4) is 0 Å². The van der Waals surface area contributed by atoms with E-state index in [-0.39, 0.29) is 15.9 Å². The molecular weight excluding hydrogens is 410 g/mol. The third-order valence-electron chi connectivity index (χ3n) is 4.62. The summed E-state index contributed by atoms with van der Waals surface area (Å²) >= 11 is 3.14. The molecule has 26 heavy (non-hydrogen) atoms. The first-order valence-corrected chi connectivity index (χ1v) is 9.26. The molecule has 2 fully saturated rings. The lowest BCUT2D eigenvalue weighted by molar-refractivity contribution is 0.000601. The smallest absolute Gasteiger partial charge is 0.410 e. The highest BCUT2D eigenvalue weighted by atomic mass is 79.9. The van der Waals surface area contributed by atoms with Gasteiger partial charge >= 0.3 is 6.09 Å². The van der Waals surface area contributed by atoms with E-state index < -0.39 is 28.9 Å². The third kappa shape index (κ3) is 3.70. The first-order valence-electron chi connectivity index (χ1n) is 8.47. The van der Waals surface area contributed by atoms with Crippen LogP contribution in [0.1, 0.15) is 44.0 Å². The molecule has 2 amide bonds. The molecule has 0 N–H and O–H groups in total. The van der Waals surface area contributed by atoms with Crippen LogP contribution in [0.2, 0.25) is 0 Å². The largest absolute Gasteiger partial charge is 0.444 e. The molecule has 1 saturated heterocycles. The molecule has 2 aliphatic rings. The fraction of sp³-hybridized carbons (Fsp3) is 0.556. The Balaban J connectivity index is 1.77. The number of ether oxygens (including phenoxy) is 1. The van der Waals surface area contributed by atoms with Crippen molar-refractivity contribution in [2.24, 2.45) is 0 Å². The van der Waals surface area contributed by atoms with Gasteiger partial charge in [-0.05, 0) is 61.7 Å². The van der Waals surface area contributed by atoms with Gasteiger partial charge in [-0.25, -0.2) is 13.6 Å². The summed E-state index contributed by atoms with van der Waals surface area (Å²) in [5.41, 5.74) is -0.950. The molecule has 0 bridgehead atoms. The minimum atomic E-state index is -1.06. The molecule has 0 atom stereocenters. The van der Waals surface area contributed by atoms with Crippen LogP contribution in [0.15, 0.2) is 16.6 Å². The summed E-state index contributed by atoms with van der Waals surface area (Å²) in [6.45, 7) is 6.46. The maximum absolute atomic E-state index is 13.6. The fourth-order valence-corrected chi connectivity index (χ4v) is 3.67. The monoisotopic (exact) mass is 430 g/mol. The van der Waals surface area contributed by atoms with Gasteiger partial charge < -0.3 is 14.5 Å². The molecule has 0 aromatic heterocycles. The van der Waals surface area contributed by atoms with Crippen molar-refractivity contribution < 1.29 is 23.1 Å². The van der Waals surface area contributed by atoms with Gasteiger partial charge in [-0.2, -0.15) is 0 Å². The third-order valence-corrected chi connectivity index (χ3v) is 5.27. The Labute approximate surface area is 159 Å². The number of carbonyl (C=O) groups excluding carboxylic acids is 2. The average molecular weight is 431 g/mol. The van der Waals surface area contributed by atoms with Crippen LogP contribution in [0.25, 0.3) is 0 Å². The maximum atomic E-state index is 13.6. The van der Waals surface area contributed by atoms with Gasteiger partial charge in [0.2, 0.25) is 0 Å². The number of rotatable bonds is 1. The first-order chi connectivity index (χ1) is 12.0. The SMILES string of the molecule is CC(C)(C)OC(=O)N1CCN(C(=O)c2cc(F)c(F)cc2Br)C2(CC2)C1. The Morgan fingerprint density at radius 2 is 1.77 bits per heavy atom. The Kier molecular flexibility index (Phi) is 4.75. The lowest BCUT2D eigenvalue weighted by Gasteiger charge is -2.42. The van der Waals surface area contributed by atoms with E-state index >= 15 is 0 Å². The van der Waals surface area contributed by atoms with Crippen molar-refractivity contribution in [3.8, 4) is 0 Å². The zero-order valence-electron chi connectivity index (χ0n) is 14.9. The molecular formula is C18H21BrF2N2O3. The second kappa shape index (κ2) is 6.48. The van der Waals surface area contributed by atoms with Gasteiger partial charge in [-0.15, -0.1) is 0 Å². The summed E-state index contributed by atoms with van der Waals surface area (Å²) < 4.78 is 32.5. The minimum absolute atomic E-state index is 0.0842. The second-order valence-electron chi connectivity index (χ2n) is 7.83. The molecule has 1 aromatic carbocycles. The van der Waals surface area contributed by atoms with Gasteiger partial charge in [-0.3, -0.25) is 4.79 Å². The van der Waals surface area contributed by atoms with Crippen molar-refractivity contribution in [2.75, 3.05) is 19.6 Å². The summed E-state index contributed by atoms with van der Waals surface area (Å²) in [5, 5.41) is 0. The van der Waals surface area contributed by atoms with Gasteiger partial charge in [0.05, 0.1) is 11.1 Å². The maximum Gasteiger partial charge on any atom is 0.410 e. The Bertz CT molecular complexity index is 760. The fourth-order valence-electron chi connectivity index (χ4n) is 3.18. The van der Waals surface area contributed by atoms with Crippen molar-refractivity contribution in [3.05, 3.63) is 33.8 Å². The average Bonchev–Trinajstić information content (AvgIpc) is 3.28. The summed E-state index contributed by atoms with van der Waals surface area (Å²) in [7, 11) is 0. The lowest BCUT2D eigenvalue weighted by Crippen LogP contribution is -2.58. The molecule has 1 spiro atoms. The van der Waals surface area contributed by atoms with E-state index in [1.165, 1.54) is 0 Å². The molecule has 1 saturated carbocycles. The molecule has 1 aliphatic carbocycles. The van der Waals surface area contributed by atoms with Gasteiger partial charge in [0.1, 0.15) is 5.60 Å². The van der Waals surface area contributed by atoms with Gasteiger partial charge in [0.15, 0.2) is 11.6 Å². The zero-order chi connectivity index (χ0) is 19.3. The van der Waals surface area contributed by atoms with E-state index in [9.17, 15) is 18.4 Å². The van der Waals surface area contributed by atoms with Crippen LogP contribution in [0, 0.1) is 11.6 Å². The molecule has 142 valence electrons. The number of carbonyl (C=O) groups is 2. The number of amides is 2. The summed E-state index contributed by atoms with van der Waals surface area (Å²) in [6.07, 6.45) is 1.13. The van der Waals surface area contributed by atoms with Gasteiger partial charge in [0, 0.05) is 24.1 Å². The standard InChI is InChI=1S/C18H21BrF2N2O3/c1-17(2,3)26-16(25)22-6-7-23(18(10-22)4-5-18)15(24)11-8-13(20)14(21)9-12(11)19/h8-9H,4-7,10H2,1-3H3. The van der Waals surface area contributed by atoms with Crippen molar-refractivity contribution in [1.29, 1.82) is 0 Å². The highest BCUT2D eigenvalue weighted by Crippen LogP contribution is 2.45. The van der Waals surface area contributed by atoms with Crippen molar-refractivity contribution >= 4 is 27.9 Å². The molecule has 1 aromatic rings. The first kappa shape index (κ1) is 19.1. The van der Waals surface area contributed by atoms with Crippen molar-refractivity contribution in [2.45, 2.75) is 44.8 Å². The number of piperazine rings is 1. The number of nitrogens with zero attached hydrogens (tertiary/aromatic N) is 2. The van der Waals surface area contributed by atoms with Crippen molar-refractivity contribution in [3.63, 3.8) is 0 Å². The molecule has 1 aliphatic heterocycles. The molecule has 8 heteroatoms. The summed E-state index contributed by atoms with van der Waals surface area (Å²) in [6, 6.07) is 1.87. The predicted octanol–water partition coefficient (Wildman–Crippen LogP) is 3.95. The molecule has 5 nitrogen and oxygen atoms in total. The lowest BCUT2D eigenvalue weighted by atomic mass is 10.1. The van der Waals surface area contributed by atoms with E-state index in [2.05, 4.69) is 15.9 Å².